The van der Waals surface area contributed by atoms with E-state index in [1.807, 2.05) is 24.3 Å². The maximum Gasteiger partial charge on any atom is 0.303 e. The first-order chi connectivity index (χ1) is 15.7. The predicted octanol–water partition coefficient (Wildman–Crippen LogP) is 7.71. The molecule has 2 fully saturated rings. The molecule has 2 saturated carbocycles. The van der Waals surface area contributed by atoms with Crippen LogP contribution >= 0.6 is 0 Å². The topological polar surface area (TPSA) is 67.5 Å². The van der Waals surface area contributed by atoms with Gasteiger partial charge in [0.25, 0.3) is 0 Å². The monoisotopic (exact) mass is 431 g/mol. The lowest BCUT2D eigenvalue weighted by Crippen LogP contribution is -2.05. The molecule has 0 heterocycles. The summed E-state index contributed by atoms with van der Waals surface area (Å²) in [4.78, 5) is 15.4. The Morgan fingerprint density at radius 2 is 1.31 bits per heavy atom. The number of allylic oxidation sites excluding steroid dienone is 1. The third-order valence-electron chi connectivity index (χ3n) is 6.90. The Labute approximate surface area is 190 Å². The molecule has 0 unspecified atom stereocenters. The molecule has 168 valence electrons. The molecule has 0 spiro atoms. The third-order valence-corrected chi connectivity index (χ3v) is 6.90. The molecule has 2 aromatic carbocycles. The largest absolute Gasteiger partial charge is 0.356 e. The summed E-state index contributed by atoms with van der Waals surface area (Å²) in [5.74, 6) is 1.30. The second kappa shape index (κ2) is 11.1. The summed E-state index contributed by atoms with van der Waals surface area (Å²) >= 11 is 0. The van der Waals surface area contributed by atoms with E-state index in [1.165, 1.54) is 87.7 Å². The Bertz CT molecular complexity index is 936. The van der Waals surface area contributed by atoms with E-state index in [9.17, 15) is 10.1 Å². The maximum absolute atomic E-state index is 11.5. The Morgan fingerprint density at radius 3 is 1.81 bits per heavy atom. The minimum absolute atomic E-state index is 0.0716. The van der Waals surface area contributed by atoms with Crippen LogP contribution in [0.4, 0.5) is 11.4 Å². The van der Waals surface area contributed by atoms with Gasteiger partial charge in [0.2, 0.25) is 0 Å². The van der Waals surface area contributed by atoms with Crippen LogP contribution in [0, 0.1) is 10.1 Å². The van der Waals surface area contributed by atoms with Crippen molar-refractivity contribution < 1.29 is 4.92 Å². The normalized spacial score (nSPS) is 18.7. The fourth-order valence-electron chi connectivity index (χ4n) is 4.99. The fraction of sp³-hybridized carbons (Fsp3) is 0.444. The van der Waals surface area contributed by atoms with E-state index in [0.717, 1.165) is 11.4 Å². The van der Waals surface area contributed by atoms with Crippen molar-refractivity contribution in [2.24, 2.45) is 4.99 Å². The lowest BCUT2D eigenvalue weighted by atomic mass is 9.84. The molecule has 2 aliphatic rings. The van der Waals surface area contributed by atoms with Crippen LogP contribution in [0.25, 0.3) is 0 Å². The molecule has 5 heteroatoms. The lowest BCUT2D eigenvalue weighted by molar-refractivity contribution is -0.414. The van der Waals surface area contributed by atoms with Crippen molar-refractivity contribution in [2.45, 2.75) is 76.0 Å². The SMILES string of the molecule is O=[N+]([O-])/C(C=Nc1ccc(C2CCCCC2)cc1)=C\Nc1ccc(C2CCCCC2)cc1. The number of rotatable bonds is 7. The molecular weight excluding hydrogens is 398 g/mol. The standard InChI is InChI=1S/C27H33N3O2/c31-30(32)27(19-28-25-15-11-23(12-16-25)21-7-3-1-4-8-21)20-29-26-17-13-24(14-18-26)22-9-5-2-6-10-22/h11-22,28H,1-10H2/b27-19-,29-20?. The van der Waals surface area contributed by atoms with Gasteiger partial charge in [-0.15, -0.1) is 0 Å². The highest BCUT2D eigenvalue weighted by Gasteiger charge is 2.16. The second-order valence-corrected chi connectivity index (χ2v) is 9.11. The number of nitrogens with one attached hydrogen (secondary N) is 1. The van der Waals surface area contributed by atoms with Crippen LogP contribution in [-0.2, 0) is 0 Å². The summed E-state index contributed by atoms with van der Waals surface area (Å²) in [5, 5.41) is 14.5. The van der Waals surface area contributed by atoms with Gasteiger partial charge in [-0.3, -0.25) is 10.1 Å². The van der Waals surface area contributed by atoms with E-state index < -0.39 is 4.92 Å². The number of hydrogen-bond acceptors (Lipinski definition) is 4. The van der Waals surface area contributed by atoms with Crippen molar-refractivity contribution >= 4 is 17.6 Å². The van der Waals surface area contributed by atoms with Gasteiger partial charge in [-0.05, 0) is 72.9 Å². The van der Waals surface area contributed by atoms with Crippen LogP contribution < -0.4 is 5.32 Å². The van der Waals surface area contributed by atoms with Crippen molar-refractivity contribution in [2.75, 3.05) is 5.32 Å². The quantitative estimate of drug-likeness (QED) is 0.277. The van der Waals surface area contributed by atoms with Gasteiger partial charge < -0.3 is 5.32 Å². The fourth-order valence-corrected chi connectivity index (χ4v) is 4.99. The van der Waals surface area contributed by atoms with Crippen LogP contribution in [0.1, 0.15) is 87.2 Å². The van der Waals surface area contributed by atoms with Gasteiger partial charge in [-0.2, -0.15) is 0 Å². The van der Waals surface area contributed by atoms with Crippen molar-refractivity contribution in [1.82, 2.24) is 0 Å². The molecule has 0 saturated heterocycles. The van der Waals surface area contributed by atoms with Crippen molar-refractivity contribution in [3.63, 3.8) is 0 Å². The Balaban J connectivity index is 1.37. The average molecular weight is 432 g/mol. The summed E-state index contributed by atoms with van der Waals surface area (Å²) in [6, 6.07) is 16.4. The van der Waals surface area contributed by atoms with Crippen LogP contribution in [0.3, 0.4) is 0 Å². The highest BCUT2D eigenvalue weighted by molar-refractivity contribution is 5.78. The molecule has 0 radical (unpaired) electrons. The third kappa shape index (κ3) is 6.06. The van der Waals surface area contributed by atoms with Gasteiger partial charge in [0.1, 0.15) is 6.21 Å². The Kier molecular flexibility index (Phi) is 7.70. The van der Waals surface area contributed by atoms with Crippen LogP contribution in [0.2, 0.25) is 0 Å². The molecular formula is C27H33N3O2. The number of nitrogens with zero attached hydrogens (tertiary/aromatic N) is 2. The zero-order chi connectivity index (χ0) is 22.2. The Morgan fingerprint density at radius 1 is 0.812 bits per heavy atom. The van der Waals surface area contributed by atoms with Gasteiger partial charge >= 0.3 is 5.70 Å². The first kappa shape index (κ1) is 22.3. The number of anilines is 1. The van der Waals surface area contributed by atoms with E-state index in [-0.39, 0.29) is 5.70 Å². The van der Waals surface area contributed by atoms with Crippen LogP contribution in [0.15, 0.2) is 65.4 Å². The molecule has 1 N–H and O–H groups in total. The van der Waals surface area contributed by atoms with Gasteiger partial charge in [0.05, 0.1) is 16.8 Å². The minimum Gasteiger partial charge on any atom is -0.356 e. The highest BCUT2D eigenvalue weighted by atomic mass is 16.6. The molecule has 0 aromatic heterocycles. The summed E-state index contributed by atoms with van der Waals surface area (Å²) in [6.07, 6.45) is 15.7. The van der Waals surface area contributed by atoms with Gasteiger partial charge in [0, 0.05) is 5.69 Å². The molecule has 2 aromatic rings. The number of aliphatic imine (C=N–C) groups is 1. The van der Waals surface area contributed by atoms with E-state index in [2.05, 4.69) is 34.6 Å². The van der Waals surface area contributed by atoms with Crippen molar-refractivity contribution in [3.05, 3.63) is 81.7 Å². The molecule has 32 heavy (non-hydrogen) atoms. The van der Waals surface area contributed by atoms with Crippen LogP contribution in [0.5, 0.6) is 0 Å². The minimum atomic E-state index is -0.413. The smallest absolute Gasteiger partial charge is 0.303 e. The van der Waals surface area contributed by atoms with Gasteiger partial charge in [-0.25, -0.2) is 4.99 Å². The van der Waals surface area contributed by atoms with Crippen molar-refractivity contribution in [1.29, 1.82) is 0 Å². The molecule has 0 atom stereocenters. The molecule has 4 rings (SSSR count). The lowest BCUT2D eigenvalue weighted by Gasteiger charge is -2.22. The summed E-state index contributed by atoms with van der Waals surface area (Å²) < 4.78 is 0. The summed E-state index contributed by atoms with van der Waals surface area (Å²) in [7, 11) is 0. The number of hydrogen-bond donors (Lipinski definition) is 1. The van der Waals surface area contributed by atoms with Gasteiger partial charge in [0.15, 0.2) is 0 Å². The van der Waals surface area contributed by atoms with E-state index >= 15 is 0 Å². The second-order valence-electron chi connectivity index (χ2n) is 9.11. The first-order valence-electron chi connectivity index (χ1n) is 12.0. The Hall–Kier alpha value is -2.95. The molecule has 5 nitrogen and oxygen atoms in total. The first-order valence-corrected chi connectivity index (χ1v) is 12.0. The molecule has 0 amide bonds. The number of benzene rings is 2. The molecule has 2 aliphatic carbocycles. The summed E-state index contributed by atoms with van der Waals surface area (Å²) in [6.45, 7) is 0. The van der Waals surface area contributed by atoms with E-state index in [0.29, 0.717) is 11.8 Å². The zero-order valence-electron chi connectivity index (χ0n) is 18.7. The molecule has 0 aliphatic heterocycles. The predicted molar refractivity (Wildman–Crippen MR) is 131 cm³/mol. The zero-order valence-corrected chi connectivity index (χ0v) is 18.7. The van der Waals surface area contributed by atoms with E-state index in [4.69, 9.17) is 0 Å². The van der Waals surface area contributed by atoms with Crippen molar-refractivity contribution in [3.8, 4) is 0 Å². The van der Waals surface area contributed by atoms with Gasteiger partial charge in [-0.1, -0.05) is 62.8 Å². The average Bonchev–Trinajstić information content (AvgIpc) is 2.85. The molecule has 0 bridgehead atoms. The summed E-state index contributed by atoms with van der Waals surface area (Å²) in [5.41, 5.74) is 4.22. The number of nitro groups is 1. The highest BCUT2D eigenvalue weighted by Crippen LogP contribution is 2.34. The van der Waals surface area contributed by atoms with E-state index in [1.54, 1.807) is 0 Å². The maximum atomic E-state index is 11.5. The van der Waals surface area contributed by atoms with Crippen LogP contribution in [-0.4, -0.2) is 11.1 Å².